The van der Waals surface area contributed by atoms with Crippen molar-refractivity contribution in [2.45, 2.75) is 32.6 Å². The molecule has 0 radical (unpaired) electrons. The standard InChI is InChI=1S/C12H20/c1-4-10-7-11(5-2)9-12(6-3)8-10/h4-5,10-12H,1-2,6-9H2,3H3. The van der Waals surface area contributed by atoms with Crippen molar-refractivity contribution in [2.75, 3.05) is 0 Å². The average Bonchev–Trinajstić information content (AvgIpc) is 2.16. The van der Waals surface area contributed by atoms with Crippen LogP contribution >= 0.6 is 0 Å². The lowest BCUT2D eigenvalue weighted by atomic mass is 9.74. The van der Waals surface area contributed by atoms with Crippen molar-refractivity contribution in [1.29, 1.82) is 0 Å². The van der Waals surface area contributed by atoms with Gasteiger partial charge in [0.05, 0.1) is 0 Å². The molecule has 0 aliphatic heterocycles. The van der Waals surface area contributed by atoms with Crippen molar-refractivity contribution in [2.24, 2.45) is 17.8 Å². The molecule has 2 atom stereocenters. The van der Waals surface area contributed by atoms with E-state index in [0.29, 0.717) is 0 Å². The molecule has 1 aliphatic rings. The molecule has 0 saturated heterocycles. The second-order valence-corrected chi connectivity index (χ2v) is 3.97. The van der Waals surface area contributed by atoms with Gasteiger partial charge in [0.15, 0.2) is 0 Å². The quantitative estimate of drug-likeness (QED) is 0.556. The van der Waals surface area contributed by atoms with E-state index in [-0.39, 0.29) is 0 Å². The van der Waals surface area contributed by atoms with Crippen molar-refractivity contribution in [3.8, 4) is 0 Å². The van der Waals surface area contributed by atoms with Gasteiger partial charge in [-0.15, -0.1) is 13.2 Å². The van der Waals surface area contributed by atoms with Gasteiger partial charge in [-0.1, -0.05) is 25.5 Å². The van der Waals surface area contributed by atoms with E-state index in [1.54, 1.807) is 0 Å². The van der Waals surface area contributed by atoms with Crippen molar-refractivity contribution in [3.63, 3.8) is 0 Å². The molecule has 0 spiro atoms. The summed E-state index contributed by atoms with van der Waals surface area (Å²) in [7, 11) is 0. The number of allylic oxidation sites excluding steroid dienone is 2. The van der Waals surface area contributed by atoms with E-state index in [1.165, 1.54) is 25.7 Å². The summed E-state index contributed by atoms with van der Waals surface area (Å²) in [5, 5.41) is 0. The Morgan fingerprint density at radius 2 is 1.58 bits per heavy atom. The van der Waals surface area contributed by atoms with Gasteiger partial charge < -0.3 is 0 Å². The van der Waals surface area contributed by atoms with Gasteiger partial charge in [-0.05, 0) is 37.0 Å². The second-order valence-electron chi connectivity index (χ2n) is 3.97. The minimum Gasteiger partial charge on any atom is -0.103 e. The van der Waals surface area contributed by atoms with Gasteiger partial charge in [-0.25, -0.2) is 0 Å². The highest BCUT2D eigenvalue weighted by Crippen LogP contribution is 2.35. The third-order valence-electron chi connectivity index (χ3n) is 3.12. The van der Waals surface area contributed by atoms with Crippen molar-refractivity contribution < 1.29 is 0 Å². The lowest BCUT2D eigenvalue weighted by Gasteiger charge is -2.31. The Hall–Kier alpha value is -0.520. The zero-order valence-corrected chi connectivity index (χ0v) is 8.13. The molecule has 1 aliphatic carbocycles. The Bertz CT molecular complexity index is 141. The highest BCUT2D eigenvalue weighted by molar-refractivity contribution is 4.93. The highest BCUT2D eigenvalue weighted by atomic mass is 14.3. The van der Waals surface area contributed by atoms with Crippen LogP contribution in [-0.4, -0.2) is 0 Å². The molecule has 1 saturated carbocycles. The summed E-state index contributed by atoms with van der Waals surface area (Å²) in [6, 6.07) is 0. The fourth-order valence-electron chi connectivity index (χ4n) is 2.25. The van der Waals surface area contributed by atoms with E-state index < -0.39 is 0 Å². The molecule has 0 aromatic rings. The molecule has 0 nitrogen and oxygen atoms in total. The molecule has 1 rings (SSSR count). The van der Waals surface area contributed by atoms with Crippen LogP contribution in [0.4, 0.5) is 0 Å². The lowest BCUT2D eigenvalue weighted by molar-refractivity contribution is 0.251. The Morgan fingerprint density at radius 1 is 1.08 bits per heavy atom. The average molecular weight is 164 g/mol. The molecular weight excluding hydrogens is 144 g/mol. The molecule has 0 heterocycles. The molecule has 0 aromatic carbocycles. The van der Waals surface area contributed by atoms with E-state index >= 15 is 0 Å². The van der Waals surface area contributed by atoms with Crippen molar-refractivity contribution >= 4 is 0 Å². The Labute approximate surface area is 76.4 Å². The minimum atomic E-state index is 0.742. The third kappa shape index (κ3) is 2.23. The zero-order valence-electron chi connectivity index (χ0n) is 8.13. The molecule has 0 aromatic heterocycles. The molecule has 0 N–H and O–H groups in total. The first kappa shape index (κ1) is 9.57. The molecule has 12 heavy (non-hydrogen) atoms. The normalized spacial score (nSPS) is 35.9. The van der Waals surface area contributed by atoms with Crippen molar-refractivity contribution in [1.82, 2.24) is 0 Å². The molecule has 2 unspecified atom stereocenters. The first-order chi connectivity index (χ1) is 5.80. The van der Waals surface area contributed by atoms with Crippen LogP contribution in [0, 0.1) is 17.8 Å². The number of rotatable bonds is 3. The molecule has 0 bridgehead atoms. The van der Waals surface area contributed by atoms with Gasteiger partial charge in [0.2, 0.25) is 0 Å². The highest BCUT2D eigenvalue weighted by Gasteiger charge is 2.24. The zero-order chi connectivity index (χ0) is 8.97. The maximum absolute atomic E-state index is 3.89. The third-order valence-corrected chi connectivity index (χ3v) is 3.12. The van der Waals surface area contributed by atoms with Crippen molar-refractivity contribution in [3.05, 3.63) is 25.3 Å². The summed E-state index contributed by atoms with van der Waals surface area (Å²) >= 11 is 0. The van der Waals surface area contributed by atoms with E-state index in [9.17, 15) is 0 Å². The van der Waals surface area contributed by atoms with Crippen LogP contribution in [0.15, 0.2) is 25.3 Å². The monoisotopic (exact) mass is 164 g/mol. The Kier molecular flexibility index (Phi) is 3.58. The maximum atomic E-state index is 3.89. The van der Waals surface area contributed by atoms with E-state index in [2.05, 4.69) is 32.2 Å². The lowest BCUT2D eigenvalue weighted by Crippen LogP contribution is -2.19. The van der Waals surface area contributed by atoms with Crippen LogP contribution in [0.2, 0.25) is 0 Å². The first-order valence-electron chi connectivity index (χ1n) is 5.05. The van der Waals surface area contributed by atoms with Gasteiger partial charge in [0.1, 0.15) is 0 Å². The predicted molar refractivity (Wildman–Crippen MR) is 55.0 cm³/mol. The SMILES string of the molecule is C=CC1CC(C=C)CC(CC)C1. The molecule has 0 amide bonds. The summed E-state index contributed by atoms with van der Waals surface area (Å²) in [6.07, 6.45) is 9.55. The van der Waals surface area contributed by atoms with Crippen LogP contribution < -0.4 is 0 Å². The fourth-order valence-corrected chi connectivity index (χ4v) is 2.25. The summed E-state index contributed by atoms with van der Waals surface area (Å²) in [4.78, 5) is 0. The largest absolute Gasteiger partial charge is 0.103 e. The summed E-state index contributed by atoms with van der Waals surface area (Å²) in [6.45, 7) is 10.1. The summed E-state index contributed by atoms with van der Waals surface area (Å²) in [5.41, 5.74) is 0. The smallest absolute Gasteiger partial charge is 0.0228 e. The molecule has 68 valence electrons. The summed E-state index contributed by atoms with van der Waals surface area (Å²) in [5.74, 6) is 2.39. The van der Waals surface area contributed by atoms with Gasteiger partial charge in [-0.2, -0.15) is 0 Å². The van der Waals surface area contributed by atoms with E-state index in [0.717, 1.165) is 17.8 Å². The molecule has 1 fully saturated rings. The van der Waals surface area contributed by atoms with Crippen LogP contribution in [0.5, 0.6) is 0 Å². The second kappa shape index (κ2) is 4.49. The van der Waals surface area contributed by atoms with Crippen LogP contribution in [0.25, 0.3) is 0 Å². The fraction of sp³-hybridized carbons (Fsp3) is 0.667. The van der Waals surface area contributed by atoms with Crippen LogP contribution in [0.3, 0.4) is 0 Å². The summed E-state index contributed by atoms with van der Waals surface area (Å²) < 4.78 is 0. The number of hydrogen-bond acceptors (Lipinski definition) is 0. The predicted octanol–water partition coefficient (Wildman–Crippen LogP) is 3.80. The first-order valence-corrected chi connectivity index (χ1v) is 5.05. The molecular formula is C12H20. The Balaban J connectivity index is 2.51. The van der Waals surface area contributed by atoms with E-state index in [1.807, 2.05) is 0 Å². The maximum Gasteiger partial charge on any atom is -0.0228 e. The van der Waals surface area contributed by atoms with Crippen LogP contribution in [-0.2, 0) is 0 Å². The van der Waals surface area contributed by atoms with E-state index in [4.69, 9.17) is 0 Å². The Morgan fingerprint density at radius 3 is 1.92 bits per heavy atom. The van der Waals surface area contributed by atoms with Gasteiger partial charge in [-0.3, -0.25) is 0 Å². The van der Waals surface area contributed by atoms with Gasteiger partial charge in [0.25, 0.3) is 0 Å². The van der Waals surface area contributed by atoms with Gasteiger partial charge >= 0.3 is 0 Å². The van der Waals surface area contributed by atoms with Gasteiger partial charge in [0, 0.05) is 0 Å². The minimum absolute atomic E-state index is 0.742. The molecule has 0 heteroatoms. The van der Waals surface area contributed by atoms with Crippen LogP contribution in [0.1, 0.15) is 32.6 Å². The topological polar surface area (TPSA) is 0 Å². The number of hydrogen-bond donors (Lipinski definition) is 0.